The Bertz CT molecular complexity index is 861. The minimum Gasteiger partial charge on any atom is -0.489 e. The maximum atomic E-state index is 12.4. The first kappa shape index (κ1) is 17.1. The van der Waals surface area contributed by atoms with E-state index in [2.05, 4.69) is 5.32 Å². The Morgan fingerprint density at radius 2 is 1.72 bits per heavy atom. The minimum atomic E-state index is -0.152. The van der Waals surface area contributed by atoms with Gasteiger partial charge < -0.3 is 10.1 Å². The average Bonchev–Trinajstić information content (AvgIpc) is 2.63. The third kappa shape index (κ3) is 4.61. The molecule has 0 aliphatic carbocycles. The number of rotatable bonds is 5. The molecule has 0 unspecified atom stereocenters. The average molecular weight is 352 g/mol. The molecule has 0 radical (unpaired) electrons. The topological polar surface area (TPSA) is 38.3 Å². The van der Waals surface area contributed by atoms with Gasteiger partial charge in [-0.1, -0.05) is 41.9 Å². The van der Waals surface area contributed by atoms with E-state index in [4.69, 9.17) is 16.3 Å². The van der Waals surface area contributed by atoms with Gasteiger partial charge in [0.1, 0.15) is 12.4 Å². The van der Waals surface area contributed by atoms with Crippen molar-refractivity contribution in [2.24, 2.45) is 0 Å². The summed E-state index contributed by atoms with van der Waals surface area (Å²) in [4.78, 5) is 12.4. The number of carbonyl (C=O) groups is 1. The molecule has 0 saturated carbocycles. The molecule has 0 fully saturated rings. The summed E-state index contributed by atoms with van der Waals surface area (Å²) in [5.74, 6) is 0.670. The number of nitrogens with one attached hydrogen (secondary N) is 1. The summed E-state index contributed by atoms with van der Waals surface area (Å²) in [5.41, 5.74) is 3.28. The fourth-order valence-corrected chi connectivity index (χ4v) is 2.62. The second-order valence-electron chi connectivity index (χ2n) is 5.71. The molecule has 0 heterocycles. The minimum absolute atomic E-state index is 0.152. The molecule has 126 valence electrons. The lowest BCUT2D eigenvalue weighted by molar-refractivity contribution is 0.102. The van der Waals surface area contributed by atoms with Crippen molar-refractivity contribution in [3.05, 3.63) is 94.5 Å². The number of anilines is 1. The maximum absolute atomic E-state index is 12.4. The molecule has 3 aromatic carbocycles. The summed E-state index contributed by atoms with van der Waals surface area (Å²) in [6, 6.07) is 22.4. The van der Waals surface area contributed by atoms with Crippen LogP contribution in [-0.4, -0.2) is 5.91 Å². The van der Waals surface area contributed by atoms with Crippen LogP contribution in [0.1, 0.15) is 21.5 Å². The molecule has 3 rings (SSSR count). The lowest BCUT2D eigenvalue weighted by atomic mass is 10.1. The SMILES string of the molecule is Cc1cc(Cl)ccc1NC(=O)c1ccc(COc2ccccc2)cc1. The van der Waals surface area contributed by atoms with Crippen molar-refractivity contribution < 1.29 is 9.53 Å². The molecule has 4 heteroatoms. The zero-order chi connectivity index (χ0) is 17.6. The first-order chi connectivity index (χ1) is 12.1. The number of benzene rings is 3. The molecule has 0 saturated heterocycles. The standard InChI is InChI=1S/C21H18ClNO2/c1-15-13-18(22)11-12-20(15)23-21(24)17-9-7-16(8-10-17)14-25-19-5-3-2-4-6-19/h2-13H,14H2,1H3,(H,23,24). The fraction of sp³-hybridized carbons (Fsp3) is 0.0952. The van der Waals surface area contributed by atoms with Crippen LogP contribution in [0.5, 0.6) is 5.75 Å². The van der Waals surface area contributed by atoms with Gasteiger partial charge in [-0.15, -0.1) is 0 Å². The Kier molecular flexibility index (Phi) is 5.36. The van der Waals surface area contributed by atoms with Crippen LogP contribution < -0.4 is 10.1 Å². The van der Waals surface area contributed by atoms with Gasteiger partial charge in [-0.05, 0) is 60.5 Å². The number of amides is 1. The van der Waals surface area contributed by atoms with E-state index in [1.807, 2.05) is 55.5 Å². The van der Waals surface area contributed by atoms with E-state index in [0.29, 0.717) is 17.2 Å². The summed E-state index contributed by atoms with van der Waals surface area (Å²) in [6.07, 6.45) is 0. The van der Waals surface area contributed by atoms with Crippen LogP contribution in [0.25, 0.3) is 0 Å². The monoisotopic (exact) mass is 351 g/mol. The molecular weight excluding hydrogens is 334 g/mol. The zero-order valence-electron chi connectivity index (χ0n) is 13.8. The van der Waals surface area contributed by atoms with Gasteiger partial charge in [-0.3, -0.25) is 4.79 Å². The van der Waals surface area contributed by atoms with Crippen LogP contribution >= 0.6 is 11.6 Å². The van der Waals surface area contributed by atoms with Crippen molar-refractivity contribution in [3.8, 4) is 5.75 Å². The lowest BCUT2D eigenvalue weighted by Gasteiger charge is -2.10. The van der Waals surface area contributed by atoms with E-state index in [9.17, 15) is 4.79 Å². The smallest absolute Gasteiger partial charge is 0.255 e. The predicted molar refractivity (Wildman–Crippen MR) is 101 cm³/mol. The van der Waals surface area contributed by atoms with Crippen LogP contribution in [0.15, 0.2) is 72.8 Å². The summed E-state index contributed by atoms with van der Waals surface area (Å²) in [7, 11) is 0. The van der Waals surface area contributed by atoms with Crippen molar-refractivity contribution in [1.29, 1.82) is 0 Å². The molecule has 3 nitrogen and oxygen atoms in total. The molecule has 0 aliphatic heterocycles. The zero-order valence-corrected chi connectivity index (χ0v) is 14.6. The predicted octanol–water partition coefficient (Wildman–Crippen LogP) is 5.48. The van der Waals surface area contributed by atoms with Crippen LogP contribution in [0.2, 0.25) is 5.02 Å². The van der Waals surface area contributed by atoms with Gasteiger partial charge >= 0.3 is 0 Å². The van der Waals surface area contributed by atoms with E-state index in [0.717, 1.165) is 22.6 Å². The first-order valence-electron chi connectivity index (χ1n) is 7.96. The van der Waals surface area contributed by atoms with Gasteiger partial charge in [0.15, 0.2) is 0 Å². The molecule has 25 heavy (non-hydrogen) atoms. The van der Waals surface area contributed by atoms with Gasteiger partial charge in [0.25, 0.3) is 5.91 Å². The van der Waals surface area contributed by atoms with Crippen molar-refractivity contribution in [3.63, 3.8) is 0 Å². The Morgan fingerprint density at radius 1 is 1.00 bits per heavy atom. The van der Waals surface area contributed by atoms with Gasteiger partial charge in [-0.25, -0.2) is 0 Å². The maximum Gasteiger partial charge on any atom is 0.255 e. The summed E-state index contributed by atoms with van der Waals surface area (Å²) in [5, 5.41) is 3.55. The number of aryl methyl sites for hydroxylation is 1. The summed E-state index contributed by atoms with van der Waals surface area (Å²) >= 11 is 5.94. The number of halogens is 1. The Labute approximate surface area is 152 Å². The van der Waals surface area contributed by atoms with Crippen LogP contribution in [0.3, 0.4) is 0 Å². The highest BCUT2D eigenvalue weighted by molar-refractivity contribution is 6.30. The van der Waals surface area contributed by atoms with Crippen molar-refractivity contribution in [2.45, 2.75) is 13.5 Å². The number of ether oxygens (including phenoxy) is 1. The molecule has 0 aromatic heterocycles. The van der Waals surface area contributed by atoms with Crippen molar-refractivity contribution >= 4 is 23.2 Å². The molecule has 1 N–H and O–H groups in total. The third-order valence-electron chi connectivity index (χ3n) is 3.80. The van der Waals surface area contributed by atoms with Crippen LogP contribution in [0, 0.1) is 6.92 Å². The highest BCUT2D eigenvalue weighted by Gasteiger charge is 2.08. The van der Waals surface area contributed by atoms with Crippen molar-refractivity contribution in [2.75, 3.05) is 5.32 Å². The Balaban J connectivity index is 1.62. The molecular formula is C21H18ClNO2. The highest BCUT2D eigenvalue weighted by Crippen LogP contribution is 2.20. The quantitative estimate of drug-likeness (QED) is 0.661. The van der Waals surface area contributed by atoms with E-state index < -0.39 is 0 Å². The summed E-state index contributed by atoms with van der Waals surface area (Å²) in [6.45, 7) is 2.37. The second-order valence-corrected chi connectivity index (χ2v) is 6.15. The molecule has 0 bridgehead atoms. The van der Waals surface area contributed by atoms with Gasteiger partial charge in [0, 0.05) is 16.3 Å². The third-order valence-corrected chi connectivity index (χ3v) is 4.04. The first-order valence-corrected chi connectivity index (χ1v) is 8.34. The Morgan fingerprint density at radius 3 is 2.40 bits per heavy atom. The normalized spacial score (nSPS) is 10.3. The van der Waals surface area contributed by atoms with E-state index in [1.165, 1.54) is 0 Å². The largest absolute Gasteiger partial charge is 0.489 e. The van der Waals surface area contributed by atoms with Crippen LogP contribution in [0.4, 0.5) is 5.69 Å². The van der Waals surface area contributed by atoms with E-state index in [1.54, 1.807) is 24.3 Å². The lowest BCUT2D eigenvalue weighted by Crippen LogP contribution is -2.12. The molecule has 0 aliphatic rings. The van der Waals surface area contributed by atoms with E-state index >= 15 is 0 Å². The van der Waals surface area contributed by atoms with Gasteiger partial charge in [0.05, 0.1) is 0 Å². The number of carbonyl (C=O) groups excluding carboxylic acids is 1. The summed E-state index contributed by atoms with van der Waals surface area (Å²) < 4.78 is 5.70. The van der Waals surface area contributed by atoms with Gasteiger partial charge in [0.2, 0.25) is 0 Å². The van der Waals surface area contributed by atoms with Gasteiger partial charge in [-0.2, -0.15) is 0 Å². The molecule has 3 aromatic rings. The number of hydrogen-bond acceptors (Lipinski definition) is 2. The molecule has 0 atom stereocenters. The molecule has 1 amide bonds. The van der Waals surface area contributed by atoms with Crippen molar-refractivity contribution in [1.82, 2.24) is 0 Å². The fourth-order valence-electron chi connectivity index (χ4n) is 2.40. The van der Waals surface area contributed by atoms with E-state index in [-0.39, 0.29) is 5.91 Å². The molecule has 0 spiro atoms. The second kappa shape index (κ2) is 7.86. The number of para-hydroxylation sites is 1. The highest BCUT2D eigenvalue weighted by atomic mass is 35.5. The Hall–Kier alpha value is -2.78. The number of hydrogen-bond donors (Lipinski definition) is 1. The van der Waals surface area contributed by atoms with Crippen LogP contribution in [-0.2, 0) is 6.61 Å².